The van der Waals surface area contributed by atoms with Crippen molar-refractivity contribution < 1.29 is 9.59 Å². The maximum Gasteiger partial charge on any atom is 0.253 e. The van der Waals surface area contributed by atoms with Crippen molar-refractivity contribution in [2.75, 3.05) is 32.0 Å². The molecule has 1 aliphatic heterocycles. The number of likely N-dealkylation sites (tertiary alicyclic amines) is 1. The van der Waals surface area contributed by atoms with Crippen molar-refractivity contribution in [2.45, 2.75) is 57.9 Å². The highest BCUT2D eigenvalue weighted by Crippen LogP contribution is 2.22. The molecule has 0 unspecified atom stereocenters. The van der Waals surface area contributed by atoms with Crippen molar-refractivity contribution in [2.24, 2.45) is 5.92 Å². The molecule has 2 fully saturated rings. The summed E-state index contributed by atoms with van der Waals surface area (Å²) >= 11 is 0. The fraction of sp³-hybridized carbons (Fsp3) is 0.636. The van der Waals surface area contributed by atoms with Crippen LogP contribution in [0.1, 0.15) is 62.2 Å². The number of benzene rings is 1. The highest BCUT2D eigenvalue weighted by atomic mass is 16.2. The molecule has 0 atom stereocenters. The second kappa shape index (κ2) is 9.25. The lowest BCUT2D eigenvalue weighted by atomic mass is 9.94. The average Bonchev–Trinajstić information content (AvgIpc) is 2.72. The Hall–Kier alpha value is -2.04. The van der Waals surface area contributed by atoms with E-state index in [1.807, 2.05) is 41.1 Å². The summed E-state index contributed by atoms with van der Waals surface area (Å²) in [5, 5.41) is 3.21. The van der Waals surface area contributed by atoms with Crippen LogP contribution in [-0.4, -0.2) is 54.3 Å². The van der Waals surface area contributed by atoms with Crippen LogP contribution in [0, 0.1) is 5.92 Å². The molecule has 1 saturated heterocycles. The summed E-state index contributed by atoms with van der Waals surface area (Å²) in [5.41, 5.74) is 1.53. The summed E-state index contributed by atoms with van der Waals surface area (Å²) < 4.78 is 0. The molecule has 27 heavy (non-hydrogen) atoms. The summed E-state index contributed by atoms with van der Waals surface area (Å²) in [6, 6.07) is 7.92. The van der Waals surface area contributed by atoms with E-state index >= 15 is 0 Å². The molecule has 5 heteroatoms. The van der Waals surface area contributed by atoms with Crippen LogP contribution in [0.3, 0.4) is 0 Å². The molecule has 1 aromatic rings. The fourth-order valence-electron chi connectivity index (χ4n) is 4.13. The van der Waals surface area contributed by atoms with E-state index in [2.05, 4.69) is 12.2 Å². The number of likely N-dealkylation sites (N-methyl/N-ethyl adjacent to an activating group) is 1. The molecule has 3 rings (SSSR count). The third-order valence-electron chi connectivity index (χ3n) is 6.14. The lowest BCUT2D eigenvalue weighted by Crippen LogP contribution is -2.41. The summed E-state index contributed by atoms with van der Waals surface area (Å²) in [6.45, 7) is 4.18. The normalized spacial score (nSPS) is 19.0. The van der Waals surface area contributed by atoms with Gasteiger partial charge >= 0.3 is 0 Å². The number of nitrogens with one attached hydrogen (secondary N) is 1. The second-order valence-corrected chi connectivity index (χ2v) is 8.21. The van der Waals surface area contributed by atoms with Gasteiger partial charge in [-0.25, -0.2) is 0 Å². The van der Waals surface area contributed by atoms with Crippen LogP contribution in [0.2, 0.25) is 0 Å². The van der Waals surface area contributed by atoms with E-state index in [0.717, 1.165) is 44.5 Å². The Bertz CT molecular complexity index is 647. The molecule has 1 saturated carbocycles. The third kappa shape index (κ3) is 5.24. The van der Waals surface area contributed by atoms with E-state index in [1.54, 1.807) is 0 Å². The number of rotatable bonds is 5. The highest BCUT2D eigenvalue weighted by Gasteiger charge is 2.23. The van der Waals surface area contributed by atoms with Crippen LogP contribution in [-0.2, 0) is 4.79 Å². The van der Waals surface area contributed by atoms with Gasteiger partial charge in [-0.1, -0.05) is 32.3 Å². The molecule has 1 aliphatic carbocycles. The summed E-state index contributed by atoms with van der Waals surface area (Å²) in [5.74, 6) is 0.911. The minimum absolute atomic E-state index is 0.0937. The first-order valence-corrected chi connectivity index (χ1v) is 10.4. The maximum absolute atomic E-state index is 12.7. The van der Waals surface area contributed by atoms with E-state index in [-0.39, 0.29) is 18.4 Å². The Morgan fingerprint density at radius 2 is 1.81 bits per heavy atom. The number of carbonyl (C=O) groups excluding carboxylic acids is 2. The van der Waals surface area contributed by atoms with Gasteiger partial charge in [0.15, 0.2) is 0 Å². The van der Waals surface area contributed by atoms with Crippen molar-refractivity contribution >= 4 is 17.5 Å². The molecule has 1 aromatic carbocycles. The van der Waals surface area contributed by atoms with E-state index in [9.17, 15) is 9.59 Å². The fourth-order valence-corrected chi connectivity index (χ4v) is 4.13. The molecule has 0 spiro atoms. The number of hydrogen-bond acceptors (Lipinski definition) is 3. The Morgan fingerprint density at radius 1 is 1.11 bits per heavy atom. The zero-order chi connectivity index (χ0) is 19.2. The van der Waals surface area contributed by atoms with Gasteiger partial charge in [0, 0.05) is 37.4 Å². The molecule has 1 heterocycles. The molecular weight excluding hydrogens is 338 g/mol. The van der Waals surface area contributed by atoms with Crippen molar-refractivity contribution in [3.63, 3.8) is 0 Å². The first kappa shape index (κ1) is 19.7. The number of carbonyl (C=O) groups is 2. The summed E-state index contributed by atoms with van der Waals surface area (Å²) in [6.07, 6.45) is 8.09. The van der Waals surface area contributed by atoms with Gasteiger partial charge in [-0.3, -0.25) is 9.59 Å². The SMILES string of the molecule is CC1CCN(C(=O)c2cccc(NCC(=O)N(C)C3CCCCC3)c2)CC1. The quantitative estimate of drug-likeness (QED) is 0.857. The maximum atomic E-state index is 12.7. The number of anilines is 1. The molecule has 2 amide bonds. The van der Waals surface area contributed by atoms with Gasteiger partial charge < -0.3 is 15.1 Å². The number of hydrogen-bond donors (Lipinski definition) is 1. The molecule has 0 bridgehead atoms. The molecule has 148 valence electrons. The summed E-state index contributed by atoms with van der Waals surface area (Å²) in [7, 11) is 1.91. The minimum atomic E-state index is 0.0937. The van der Waals surface area contributed by atoms with Gasteiger partial charge in [-0.05, 0) is 49.8 Å². The Kier molecular flexibility index (Phi) is 6.75. The topological polar surface area (TPSA) is 52.7 Å². The van der Waals surface area contributed by atoms with Crippen molar-refractivity contribution in [3.8, 4) is 0 Å². The Labute approximate surface area is 163 Å². The van der Waals surface area contributed by atoms with Crippen LogP contribution < -0.4 is 5.32 Å². The van der Waals surface area contributed by atoms with E-state index in [0.29, 0.717) is 17.5 Å². The van der Waals surface area contributed by atoms with E-state index in [4.69, 9.17) is 0 Å². The predicted molar refractivity (Wildman–Crippen MR) is 109 cm³/mol. The molecule has 0 aromatic heterocycles. The van der Waals surface area contributed by atoms with Crippen LogP contribution >= 0.6 is 0 Å². The average molecular weight is 372 g/mol. The van der Waals surface area contributed by atoms with E-state index < -0.39 is 0 Å². The Balaban J connectivity index is 1.54. The first-order chi connectivity index (χ1) is 13.0. The van der Waals surface area contributed by atoms with Gasteiger partial charge in [0.2, 0.25) is 5.91 Å². The van der Waals surface area contributed by atoms with Crippen LogP contribution in [0.15, 0.2) is 24.3 Å². The van der Waals surface area contributed by atoms with Crippen LogP contribution in [0.25, 0.3) is 0 Å². The summed E-state index contributed by atoms with van der Waals surface area (Å²) in [4.78, 5) is 29.1. The van der Waals surface area contributed by atoms with Gasteiger partial charge in [0.1, 0.15) is 0 Å². The predicted octanol–water partition coefficient (Wildman–Crippen LogP) is 3.76. The number of nitrogens with zero attached hydrogens (tertiary/aromatic N) is 2. The standard InChI is InChI=1S/C22H33N3O2/c1-17-11-13-25(14-12-17)22(27)18-7-6-8-19(15-18)23-16-21(26)24(2)20-9-4-3-5-10-20/h6-8,15,17,20,23H,3-5,9-14,16H2,1-2H3. The zero-order valence-corrected chi connectivity index (χ0v) is 16.7. The van der Waals surface area contributed by atoms with Crippen molar-refractivity contribution in [3.05, 3.63) is 29.8 Å². The number of amides is 2. The largest absolute Gasteiger partial charge is 0.376 e. The lowest BCUT2D eigenvalue weighted by Gasteiger charge is -2.31. The number of piperidine rings is 1. The van der Waals surface area contributed by atoms with Gasteiger partial charge in [0.05, 0.1) is 6.54 Å². The minimum Gasteiger partial charge on any atom is -0.376 e. The van der Waals surface area contributed by atoms with Gasteiger partial charge in [-0.15, -0.1) is 0 Å². The molecule has 5 nitrogen and oxygen atoms in total. The Morgan fingerprint density at radius 3 is 2.52 bits per heavy atom. The first-order valence-electron chi connectivity index (χ1n) is 10.4. The second-order valence-electron chi connectivity index (χ2n) is 8.21. The molecule has 1 N–H and O–H groups in total. The van der Waals surface area contributed by atoms with Crippen molar-refractivity contribution in [1.82, 2.24) is 9.80 Å². The zero-order valence-electron chi connectivity index (χ0n) is 16.7. The molecule has 2 aliphatic rings. The van der Waals surface area contributed by atoms with E-state index in [1.165, 1.54) is 19.3 Å². The van der Waals surface area contributed by atoms with Gasteiger partial charge in [0.25, 0.3) is 5.91 Å². The van der Waals surface area contributed by atoms with Crippen LogP contribution in [0.5, 0.6) is 0 Å². The monoisotopic (exact) mass is 371 g/mol. The van der Waals surface area contributed by atoms with Crippen LogP contribution in [0.4, 0.5) is 5.69 Å². The van der Waals surface area contributed by atoms with Gasteiger partial charge in [-0.2, -0.15) is 0 Å². The molecular formula is C22H33N3O2. The smallest absolute Gasteiger partial charge is 0.253 e. The third-order valence-corrected chi connectivity index (χ3v) is 6.14. The molecule has 0 radical (unpaired) electrons. The van der Waals surface area contributed by atoms with Crippen molar-refractivity contribution in [1.29, 1.82) is 0 Å². The highest BCUT2D eigenvalue weighted by molar-refractivity contribution is 5.95. The lowest BCUT2D eigenvalue weighted by molar-refractivity contribution is -0.130.